The predicted octanol–water partition coefficient (Wildman–Crippen LogP) is 1.65. The zero-order valence-electron chi connectivity index (χ0n) is 9.71. The zero-order chi connectivity index (χ0) is 10.6. The highest BCUT2D eigenvalue weighted by molar-refractivity contribution is 5.83. The van der Waals surface area contributed by atoms with Gasteiger partial charge in [-0.25, -0.2) is 0 Å². The van der Waals surface area contributed by atoms with E-state index < -0.39 is 0 Å². The van der Waals surface area contributed by atoms with Crippen molar-refractivity contribution in [3.63, 3.8) is 0 Å². The fourth-order valence-corrected chi connectivity index (χ4v) is 1.64. The Morgan fingerprint density at radius 1 is 1.29 bits per heavy atom. The Balaban J connectivity index is 2.20. The minimum atomic E-state index is 0.592. The maximum Gasteiger partial charge on any atom is 0.0989 e. The lowest BCUT2D eigenvalue weighted by atomic mass is 10.3. The zero-order valence-corrected chi connectivity index (χ0v) is 9.71. The third kappa shape index (κ3) is 3.66. The molecule has 0 amide bonds. The molecule has 3 heteroatoms. The lowest BCUT2D eigenvalue weighted by molar-refractivity contribution is 0.349. The van der Waals surface area contributed by atoms with E-state index in [2.05, 4.69) is 30.8 Å². The highest BCUT2D eigenvalue weighted by Gasteiger charge is 2.29. The van der Waals surface area contributed by atoms with Gasteiger partial charge in [-0.05, 0) is 46.8 Å². The fourth-order valence-electron chi connectivity index (χ4n) is 1.64. The number of hydrogen-bond donors (Lipinski definition) is 1. The maximum absolute atomic E-state index is 7.96. The minimum Gasteiger partial charge on any atom is -0.361 e. The van der Waals surface area contributed by atoms with Crippen LogP contribution in [0.2, 0.25) is 0 Å². The SMILES string of the molecule is CCN(CCCN(C)C)C(=N)C1CC1. The van der Waals surface area contributed by atoms with E-state index in [-0.39, 0.29) is 0 Å². The number of nitrogens with one attached hydrogen (secondary N) is 1. The van der Waals surface area contributed by atoms with Gasteiger partial charge in [0.05, 0.1) is 5.84 Å². The van der Waals surface area contributed by atoms with Gasteiger partial charge in [0.25, 0.3) is 0 Å². The highest BCUT2D eigenvalue weighted by Crippen LogP contribution is 2.31. The van der Waals surface area contributed by atoms with E-state index in [1.165, 1.54) is 12.8 Å². The van der Waals surface area contributed by atoms with E-state index in [1.807, 2.05) is 0 Å². The smallest absolute Gasteiger partial charge is 0.0989 e. The van der Waals surface area contributed by atoms with Crippen molar-refractivity contribution in [1.82, 2.24) is 9.80 Å². The van der Waals surface area contributed by atoms with Gasteiger partial charge in [-0.15, -0.1) is 0 Å². The van der Waals surface area contributed by atoms with Crippen molar-refractivity contribution < 1.29 is 0 Å². The van der Waals surface area contributed by atoms with Gasteiger partial charge in [-0.1, -0.05) is 0 Å². The highest BCUT2D eigenvalue weighted by atomic mass is 15.2. The Kier molecular flexibility index (Phi) is 4.39. The van der Waals surface area contributed by atoms with Gasteiger partial charge in [0, 0.05) is 19.0 Å². The average Bonchev–Trinajstić information content (AvgIpc) is 2.94. The molecule has 0 spiro atoms. The first-order valence-electron chi connectivity index (χ1n) is 5.63. The lowest BCUT2D eigenvalue weighted by Gasteiger charge is -2.24. The second-order valence-electron chi connectivity index (χ2n) is 4.40. The molecule has 0 saturated heterocycles. The van der Waals surface area contributed by atoms with Crippen LogP contribution < -0.4 is 0 Å². The van der Waals surface area contributed by atoms with Gasteiger partial charge in [-0.2, -0.15) is 0 Å². The Morgan fingerprint density at radius 2 is 1.93 bits per heavy atom. The summed E-state index contributed by atoms with van der Waals surface area (Å²) in [5.74, 6) is 1.47. The minimum absolute atomic E-state index is 0.592. The first-order valence-corrected chi connectivity index (χ1v) is 5.63. The summed E-state index contributed by atoms with van der Waals surface area (Å²) < 4.78 is 0. The molecule has 1 fully saturated rings. The molecule has 0 aliphatic heterocycles. The standard InChI is InChI=1S/C11H23N3/c1-4-14(9-5-8-13(2)3)11(12)10-6-7-10/h10,12H,4-9H2,1-3H3. The van der Waals surface area contributed by atoms with Crippen LogP contribution >= 0.6 is 0 Å². The molecule has 0 aromatic rings. The number of nitrogens with zero attached hydrogens (tertiary/aromatic N) is 2. The molecule has 0 heterocycles. The molecular formula is C11H23N3. The molecule has 0 aromatic heterocycles. The van der Waals surface area contributed by atoms with Crippen LogP contribution in [0.5, 0.6) is 0 Å². The molecule has 1 aliphatic carbocycles. The summed E-state index contributed by atoms with van der Waals surface area (Å²) >= 11 is 0. The van der Waals surface area contributed by atoms with E-state index in [0.717, 1.165) is 31.9 Å². The molecule has 82 valence electrons. The fraction of sp³-hybridized carbons (Fsp3) is 0.909. The van der Waals surface area contributed by atoms with Crippen LogP contribution in [-0.4, -0.2) is 49.4 Å². The molecule has 0 aromatic carbocycles. The molecule has 0 bridgehead atoms. The monoisotopic (exact) mass is 197 g/mol. The molecule has 3 nitrogen and oxygen atoms in total. The first-order chi connectivity index (χ1) is 6.65. The van der Waals surface area contributed by atoms with Crippen molar-refractivity contribution in [2.75, 3.05) is 33.7 Å². The summed E-state index contributed by atoms with van der Waals surface area (Å²) in [5, 5.41) is 7.96. The van der Waals surface area contributed by atoms with Crippen LogP contribution in [0, 0.1) is 11.3 Å². The van der Waals surface area contributed by atoms with Gasteiger partial charge in [0.2, 0.25) is 0 Å². The molecule has 0 radical (unpaired) electrons. The predicted molar refractivity (Wildman–Crippen MR) is 60.9 cm³/mol. The molecule has 1 N–H and O–H groups in total. The van der Waals surface area contributed by atoms with Gasteiger partial charge in [0.1, 0.15) is 0 Å². The largest absolute Gasteiger partial charge is 0.361 e. The number of hydrogen-bond acceptors (Lipinski definition) is 2. The third-order valence-electron chi connectivity index (χ3n) is 2.72. The van der Waals surface area contributed by atoms with E-state index in [4.69, 9.17) is 5.41 Å². The van der Waals surface area contributed by atoms with E-state index >= 15 is 0 Å². The van der Waals surface area contributed by atoms with E-state index in [1.54, 1.807) is 0 Å². The van der Waals surface area contributed by atoms with Crippen molar-refractivity contribution >= 4 is 5.84 Å². The Labute approximate surface area is 87.6 Å². The number of amidine groups is 1. The maximum atomic E-state index is 7.96. The van der Waals surface area contributed by atoms with Crippen LogP contribution in [0.1, 0.15) is 26.2 Å². The number of rotatable bonds is 6. The second-order valence-corrected chi connectivity index (χ2v) is 4.40. The molecule has 1 rings (SSSR count). The van der Waals surface area contributed by atoms with Crippen molar-refractivity contribution in [3.05, 3.63) is 0 Å². The van der Waals surface area contributed by atoms with Crippen molar-refractivity contribution in [2.24, 2.45) is 5.92 Å². The topological polar surface area (TPSA) is 30.3 Å². The summed E-state index contributed by atoms with van der Waals surface area (Å²) in [4.78, 5) is 4.43. The molecule has 0 unspecified atom stereocenters. The van der Waals surface area contributed by atoms with Crippen LogP contribution in [0.25, 0.3) is 0 Å². The Bertz CT molecular complexity index is 185. The molecule has 0 atom stereocenters. The summed E-state index contributed by atoms with van der Waals surface area (Å²) in [5.41, 5.74) is 0. The molecule has 14 heavy (non-hydrogen) atoms. The second kappa shape index (κ2) is 5.35. The van der Waals surface area contributed by atoms with E-state index in [9.17, 15) is 0 Å². The van der Waals surface area contributed by atoms with Crippen molar-refractivity contribution in [2.45, 2.75) is 26.2 Å². The lowest BCUT2D eigenvalue weighted by Crippen LogP contribution is -2.33. The summed E-state index contributed by atoms with van der Waals surface area (Å²) in [6, 6.07) is 0. The van der Waals surface area contributed by atoms with Gasteiger partial charge in [-0.3, -0.25) is 5.41 Å². The molecule has 1 aliphatic rings. The van der Waals surface area contributed by atoms with Crippen LogP contribution in [0.3, 0.4) is 0 Å². The van der Waals surface area contributed by atoms with Crippen molar-refractivity contribution in [3.8, 4) is 0 Å². The normalized spacial score (nSPS) is 16.0. The van der Waals surface area contributed by atoms with Crippen molar-refractivity contribution in [1.29, 1.82) is 5.41 Å². The van der Waals surface area contributed by atoms with Gasteiger partial charge >= 0.3 is 0 Å². The van der Waals surface area contributed by atoms with Crippen LogP contribution in [0.15, 0.2) is 0 Å². The van der Waals surface area contributed by atoms with E-state index in [0.29, 0.717) is 5.92 Å². The van der Waals surface area contributed by atoms with Gasteiger partial charge in [0.15, 0.2) is 0 Å². The Morgan fingerprint density at radius 3 is 2.36 bits per heavy atom. The summed E-state index contributed by atoms with van der Waals surface area (Å²) in [7, 11) is 4.20. The molecular weight excluding hydrogens is 174 g/mol. The summed E-state index contributed by atoms with van der Waals surface area (Å²) in [6.07, 6.45) is 3.64. The average molecular weight is 197 g/mol. The van der Waals surface area contributed by atoms with Gasteiger partial charge < -0.3 is 9.80 Å². The van der Waals surface area contributed by atoms with Crippen LogP contribution in [-0.2, 0) is 0 Å². The Hall–Kier alpha value is -0.570. The first kappa shape index (κ1) is 11.5. The quantitative estimate of drug-likeness (QED) is 0.518. The molecule has 1 saturated carbocycles. The van der Waals surface area contributed by atoms with Crippen LogP contribution in [0.4, 0.5) is 0 Å². The third-order valence-corrected chi connectivity index (χ3v) is 2.72. The summed E-state index contributed by atoms with van der Waals surface area (Å²) in [6.45, 7) is 5.30.